The molecule has 1 aromatic carbocycles. The van der Waals surface area contributed by atoms with Crippen molar-refractivity contribution < 1.29 is 24.3 Å². The maximum atomic E-state index is 13.0. The summed E-state index contributed by atoms with van der Waals surface area (Å²) in [4.78, 5) is 30.2. The first-order valence-electron chi connectivity index (χ1n) is 12.6. The average Bonchev–Trinajstić information content (AvgIpc) is 3.48. The van der Waals surface area contributed by atoms with Crippen LogP contribution in [-0.2, 0) is 19.2 Å². The lowest BCUT2D eigenvalue weighted by atomic mass is 9.69. The topological polar surface area (TPSA) is 96.9 Å². The van der Waals surface area contributed by atoms with Gasteiger partial charge in [-0.15, -0.1) is 5.48 Å². The molecule has 34 heavy (non-hydrogen) atoms. The van der Waals surface area contributed by atoms with Crippen LogP contribution >= 0.6 is 0 Å². The van der Waals surface area contributed by atoms with Crippen molar-refractivity contribution in [3.8, 4) is 0 Å². The number of amides is 1. The second kappa shape index (κ2) is 10.5. The van der Waals surface area contributed by atoms with E-state index in [2.05, 4.69) is 24.6 Å². The minimum Gasteiger partial charge on any atom is -0.480 e. The zero-order chi connectivity index (χ0) is 24.4. The van der Waals surface area contributed by atoms with E-state index in [0.29, 0.717) is 17.8 Å². The average molecular weight is 471 g/mol. The molecule has 2 saturated carbocycles. The zero-order valence-electron chi connectivity index (χ0n) is 20.7. The smallest absolute Gasteiger partial charge is 0.329 e. The van der Waals surface area contributed by atoms with Gasteiger partial charge in [0.25, 0.3) is 0 Å². The highest BCUT2D eigenvalue weighted by Crippen LogP contribution is 2.50. The van der Waals surface area contributed by atoms with Gasteiger partial charge in [-0.1, -0.05) is 31.5 Å². The van der Waals surface area contributed by atoms with Gasteiger partial charge in [-0.3, -0.25) is 4.79 Å². The molecule has 1 heterocycles. The fourth-order valence-corrected chi connectivity index (χ4v) is 5.45. The summed E-state index contributed by atoms with van der Waals surface area (Å²) >= 11 is 0. The van der Waals surface area contributed by atoms with E-state index in [-0.39, 0.29) is 18.4 Å². The van der Waals surface area contributed by atoms with Gasteiger partial charge in [0, 0.05) is 11.6 Å². The Morgan fingerprint density at radius 3 is 2.56 bits per heavy atom. The van der Waals surface area contributed by atoms with Gasteiger partial charge in [0.05, 0.1) is 18.6 Å². The molecule has 2 unspecified atom stereocenters. The predicted octanol–water partition coefficient (Wildman–Crippen LogP) is 4.74. The molecule has 1 aromatic rings. The Bertz CT molecular complexity index is 946. The highest BCUT2D eigenvalue weighted by molar-refractivity contribution is 5.92. The lowest BCUT2D eigenvalue weighted by Crippen LogP contribution is -2.42. The maximum absolute atomic E-state index is 13.0. The van der Waals surface area contributed by atoms with Gasteiger partial charge in [0.1, 0.15) is 12.4 Å². The molecular weight excluding hydrogens is 432 g/mol. The molecule has 0 saturated heterocycles. The third-order valence-electron chi connectivity index (χ3n) is 7.18. The highest BCUT2D eigenvalue weighted by Gasteiger charge is 2.47. The zero-order valence-corrected chi connectivity index (χ0v) is 20.7. The number of carbonyl (C=O) groups excluding carboxylic acids is 1. The lowest BCUT2D eigenvalue weighted by molar-refractivity contribution is -0.146. The summed E-state index contributed by atoms with van der Waals surface area (Å²) in [6.45, 7) is 8.04. The Morgan fingerprint density at radius 2 is 1.94 bits per heavy atom. The van der Waals surface area contributed by atoms with E-state index in [9.17, 15) is 14.7 Å². The predicted molar refractivity (Wildman–Crippen MR) is 130 cm³/mol. The van der Waals surface area contributed by atoms with E-state index in [1.807, 2.05) is 32.0 Å². The molecule has 186 valence electrons. The fraction of sp³-hybridized carbons (Fsp3) is 0.630. The molecule has 1 amide bonds. The van der Waals surface area contributed by atoms with Crippen molar-refractivity contribution in [1.82, 2.24) is 5.48 Å². The Kier molecular flexibility index (Phi) is 7.63. The van der Waals surface area contributed by atoms with E-state index in [1.165, 1.54) is 12.0 Å². The number of hydroxylamine groups is 1. The SMILES string of the molecule is Cc1ccc(NC(=O)CC(OCC(=O)O)C2NOC(C3CC(CC(C)C)C3)=C2C2CC2)c(C)c1. The molecule has 0 spiro atoms. The summed E-state index contributed by atoms with van der Waals surface area (Å²) in [5.41, 5.74) is 7.19. The molecule has 7 nitrogen and oxygen atoms in total. The van der Waals surface area contributed by atoms with Gasteiger partial charge < -0.3 is 20.0 Å². The third-order valence-corrected chi connectivity index (χ3v) is 7.18. The van der Waals surface area contributed by atoms with Crippen LogP contribution in [0.1, 0.15) is 63.5 Å². The molecule has 2 atom stereocenters. The van der Waals surface area contributed by atoms with E-state index in [1.54, 1.807) is 0 Å². The van der Waals surface area contributed by atoms with Gasteiger partial charge in [-0.2, -0.15) is 0 Å². The number of carboxylic acid groups (broad SMARTS) is 1. The number of anilines is 1. The summed E-state index contributed by atoms with van der Waals surface area (Å²) in [7, 11) is 0. The number of allylic oxidation sites excluding steroid dienone is 1. The van der Waals surface area contributed by atoms with Crippen molar-refractivity contribution in [2.24, 2.45) is 23.7 Å². The lowest BCUT2D eigenvalue weighted by Gasteiger charge is -2.36. The van der Waals surface area contributed by atoms with Gasteiger partial charge in [-0.05, 0) is 80.9 Å². The van der Waals surface area contributed by atoms with E-state index in [0.717, 1.165) is 54.2 Å². The molecule has 4 rings (SSSR count). The Morgan fingerprint density at radius 1 is 1.21 bits per heavy atom. The fourth-order valence-electron chi connectivity index (χ4n) is 5.45. The van der Waals surface area contributed by atoms with Gasteiger partial charge in [-0.25, -0.2) is 4.79 Å². The van der Waals surface area contributed by atoms with Gasteiger partial charge in [0.2, 0.25) is 5.91 Å². The molecule has 2 fully saturated rings. The summed E-state index contributed by atoms with van der Waals surface area (Å²) in [5.74, 6) is 2.04. The number of hydrogen-bond acceptors (Lipinski definition) is 5. The number of hydrogen-bond donors (Lipinski definition) is 3. The Labute approximate surface area is 202 Å². The first-order valence-corrected chi connectivity index (χ1v) is 12.6. The molecule has 3 aliphatic rings. The van der Waals surface area contributed by atoms with Gasteiger partial charge in [0.15, 0.2) is 0 Å². The standard InChI is InChI=1S/C27H38N2O5/c1-15(2)9-18-11-20(12-18)27-25(19-6-7-19)26(29-34-27)22(33-14-24(31)32)13-23(30)28-21-8-5-16(3)10-17(21)4/h5,8,10,15,18-20,22,26,29H,6-7,9,11-14H2,1-4H3,(H,28,30)(H,31,32). The van der Waals surface area contributed by atoms with Crippen LogP contribution in [0, 0.1) is 37.5 Å². The molecule has 2 aliphatic carbocycles. The Hall–Kier alpha value is -2.38. The van der Waals surface area contributed by atoms with Crippen molar-refractivity contribution >= 4 is 17.6 Å². The molecule has 1 aliphatic heterocycles. The minimum absolute atomic E-state index is 0.0474. The maximum Gasteiger partial charge on any atom is 0.329 e. The first-order chi connectivity index (χ1) is 16.2. The molecule has 0 bridgehead atoms. The summed E-state index contributed by atoms with van der Waals surface area (Å²) in [6.07, 6.45) is 5.12. The third kappa shape index (κ3) is 5.99. The molecule has 3 N–H and O–H groups in total. The van der Waals surface area contributed by atoms with Crippen LogP contribution in [0.15, 0.2) is 29.5 Å². The number of carbonyl (C=O) groups is 2. The van der Waals surface area contributed by atoms with Gasteiger partial charge >= 0.3 is 5.97 Å². The number of carboxylic acids is 1. The quantitative estimate of drug-likeness (QED) is 0.432. The number of aliphatic carboxylic acids is 1. The molecular formula is C27H38N2O5. The number of nitrogens with one attached hydrogen (secondary N) is 2. The van der Waals surface area contributed by atoms with Crippen molar-refractivity contribution in [2.45, 2.75) is 78.4 Å². The normalized spacial score (nSPS) is 25.1. The summed E-state index contributed by atoms with van der Waals surface area (Å²) in [5, 5.41) is 12.2. The second-order valence-electron chi connectivity index (χ2n) is 10.8. The van der Waals surface area contributed by atoms with Crippen molar-refractivity contribution in [1.29, 1.82) is 0 Å². The minimum atomic E-state index is -1.05. The van der Waals surface area contributed by atoms with Crippen LogP contribution in [-0.4, -0.2) is 35.7 Å². The summed E-state index contributed by atoms with van der Waals surface area (Å²) in [6, 6.07) is 5.56. The Balaban J connectivity index is 1.48. The number of benzene rings is 1. The second-order valence-corrected chi connectivity index (χ2v) is 10.8. The number of aryl methyl sites for hydroxylation is 2. The van der Waals surface area contributed by atoms with Crippen molar-refractivity contribution in [3.05, 3.63) is 40.7 Å². The highest BCUT2D eigenvalue weighted by atomic mass is 16.7. The van der Waals surface area contributed by atoms with Crippen molar-refractivity contribution in [2.75, 3.05) is 11.9 Å². The van der Waals surface area contributed by atoms with E-state index in [4.69, 9.17) is 9.57 Å². The van der Waals surface area contributed by atoms with E-state index < -0.39 is 18.7 Å². The van der Waals surface area contributed by atoms with E-state index >= 15 is 0 Å². The van der Waals surface area contributed by atoms with Crippen LogP contribution in [0.2, 0.25) is 0 Å². The number of rotatable bonds is 11. The first kappa shape index (κ1) is 24.7. The number of ether oxygens (including phenoxy) is 1. The molecule has 7 heteroatoms. The van der Waals surface area contributed by atoms with Crippen LogP contribution in [0.4, 0.5) is 5.69 Å². The van der Waals surface area contributed by atoms with Crippen LogP contribution in [0.5, 0.6) is 0 Å². The molecule has 0 radical (unpaired) electrons. The molecule has 0 aromatic heterocycles. The van der Waals surface area contributed by atoms with Crippen molar-refractivity contribution in [3.63, 3.8) is 0 Å². The summed E-state index contributed by atoms with van der Waals surface area (Å²) < 4.78 is 5.77. The van der Waals surface area contributed by atoms with Crippen LogP contribution in [0.25, 0.3) is 0 Å². The van der Waals surface area contributed by atoms with Crippen LogP contribution < -0.4 is 10.8 Å². The van der Waals surface area contributed by atoms with Crippen LogP contribution in [0.3, 0.4) is 0 Å². The largest absolute Gasteiger partial charge is 0.480 e. The monoisotopic (exact) mass is 470 g/mol.